The van der Waals surface area contributed by atoms with Gasteiger partial charge in [0.2, 0.25) is 5.91 Å². The molecule has 3 aromatic carbocycles. The Kier molecular flexibility index (Phi) is 7.03. The van der Waals surface area contributed by atoms with E-state index in [1.807, 2.05) is 49.4 Å². The summed E-state index contributed by atoms with van der Waals surface area (Å²) in [5, 5.41) is 9.46. The van der Waals surface area contributed by atoms with Gasteiger partial charge in [0.15, 0.2) is 6.61 Å². The minimum atomic E-state index is -0.409. The van der Waals surface area contributed by atoms with Crippen LogP contribution in [0, 0.1) is 6.92 Å². The van der Waals surface area contributed by atoms with Crippen molar-refractivity contribution in [2.45, 2.75) is 20.3 Å². The molecule has 154 valence electrons. The molecule has 0 aliphatic heterocycles. The van der Waals surface area contributed by atoms with Gasteiger partial charge in [0, 0.05) is 16.4 Å². The highest BCUT2D eigenvalue weighted by Crippen LogP contribution is 2.23. The molecule has 0 radical (unpaired) electrons. The van der Waals surface area contributed by atoms with Gasteiger partial charge >= 0.3 is 0 Å². The van der Waals surface area contributed by atoms with Crippen LogP contribution in [0.25, 0.3) is 10.8 Å². The maximum Gasteiger partial charge on any atom is 0.277 e. The molecule has 3 rings (SSSR count). The molecule has 0 bridgehead atoms. The van der Waals surface area contributed by atoms with Crippen LogP contribution in [-0.2, 0) is 9.59 Å². The third-order valence-corrected chi connectivity index (χ3v) is 4.83. The molecule has 0 spiro atoms. The largest absolute Gasteiger partial charge is 0.484 e. The first kappa shape index (κ1) is 21.3. The molecule has 7 heteroatoms. The molecule has 0 aromatic heterocycles. The minimum Gasteiger partial charge on any atom is -0.484 e. The second-order valence-electron chi connectivity index (χ2n) is 6.82. The van der Waals surface area contributed by atoms with Crippen molar-refractivity contribution in [2.75, 3.05) is 11.9 Å². The SMILES string of the molecule is C/C(CC(=O)Nc1cccc(Cl)c1C)=N\NC(=O)COc1ccc2ccccc2c1. The van der Waals surface area contributed by atoms with E-state index in [0.717, 1.165) is 16.3 Å². The molecule has 30 heavy (non-hydrogen) atoms. The van der Waals surface area contributed by atoms with E-state index in [1.54, 1.807) is 25.1 Å². The number of hydrogen-bond acceptors (Lipinski definition) is 4. The van der Waals surface area contributed by atoms with E-state index < -0.39 is 5.91 Å². The number of nitrogens with one attached hydrogen (secondary N) is 2. The number of carbonyl (C=O) groups excluding carboxylic acids is 2. The number of halogens is 1. The molecule has 0 saturated carbocycles. The fourth-order valence-electron chi connectivity index (χ4n) is 2.81. The topological polar surface area (TPSA) is 79.8 Å². The molecule has 0 atom stereocenters. The quantitative estimate of drug-likeness (QED) is 0.427. The summed E-state index contributed by atoms with van der Waals surface area (Å²) >= 11 is 6.06. The zero-order valence-corrected chi connectivity index (χ0v) is 17.5. The van der Waals surface area contributed by atoms with Gasteiger partial charge in [-0.25, -0.2) is 5.43 Å². The van der Waals surface area contributed by atoms with Crippen LogP contribution in [-0.4, -0.2) is 24.1 Å². The van der Waals surface area contributed by atoms with Crippen LogP contribution in [0.4, 0.5) is 5.69 Å². The van der Waals surface area contributed by atoms with Crippen molar-refractivity contribution in [3.63, 3.8) is 0 Å². The van der Waals surface area contributed by atoms with Gasteiger partial charge in [0.1, 0.15) is 5.75 Å². The van der Waals surface area contributed by atoms with Crippen LogP contribution < -0.4 is 15.5 Å². The summed E-state index contributed by atoms with van der Waals surface area (Å²) in [6.45, 7) is 3.31. The van der Waals surface area contributed by atoms with Crippen molar-refractivity contribution in [1.82, 2.24) is 5.43 Å². The monoisotopic (exact) mass is 423 g/mol. The van der Waals surface area contributed by atoms with E-state index in [9.17, 15) is 9.59 Å². The third-order valence-electron chi connectivity index (χ3n) is 4.42. The van der Waals surface area contributed by atoms with Crippen molar-refractivity contribution in [2.24, 2.45) is 5.10 Å². The molecule has 0 aliphatic rings. The predicted molar refractivity (Wildman–Crippen MR) is 120 cm³/mol. The zero-order chi connectivity index (χ0) is 21.5. The first-order chi connectivity index (χ1) is 14.4. The number of carbonyl (C=O) groups is 2. The second-order valence-corrected chi connectivity index (χ2v) is 7.22. The number of hydrazone groups is 1. The molecule has 3 aromatic rings. The van der Waals surface area contributed by atoms with Gasteiger partial charge < -0.3 is 10.1 Å². The molecule has 0 fully saturated rings. The van der Waals surface area contributed by atoms with Gasteiger partial charge in [-0.3, -0.25) is 9.59 Å². The molecule has 2 amide bonds. The Labute approximate surface area is 179 Å². The summed E-state index contributed by atoms with van der Waals surface area (Å²) in [6.07, 6.45) is 0.0394. The summed E-state index contributed by atoms with van der Waals surface area (Å²) in [5.74, 6) is -0.0577. The normalized spacial score (nSPS) is 11.2. The standard InChI is InChI=1S/C23H22ClN3O3/c1-15(12-22(28)25-21-9-5-8-20(24)16(21)2)26-27-23(29)14-30-19-11-10-17-6-3-4-7-18(17)13-19/h3-11,13H,12,14H2,1-2H3,(H,25,28)(H,27,29)/b26-15+. The summed E-state index contributed by atoms with van der Waals surface area (Å²) in [4.78, 5) is 24.2. The van der Waals surface area contributed by atoms with Crippen LogP contribution in [0.1, 0.15) is 18.9 Å². The number of anilines is 1. The molecule has 0 heterocycles. The van der Waals surface area contributed by atoms with E-state index in [0.29, 0.717) is 22.2 Å². The van der Waals surface area contributed by atoms with Gasteiger partial charge in [-0.1, -0.05) is 48.0 Å². The van der Waals surface area contributed by atoms with Crippen molar-refractivity contribution < 1.29 is 14.3 Å². The maximum atomic E-state index is 12.2. The average Bonchev–Trinajstić information content (AvgIpc) is 2.74. The van der Waals surface area contributed by atoms with E-state index in [-0.39, 0.29) is 18.9 Å². The molecular weight excluding hydrogens is 402 g/mol. The van der Waals surface area contributed by atoms with Crippen molar-refractivity contribution in [3.05, 3.63) is 71.2 Å². The fraction of sp³-hybridized carbons (Fsp3) is 0.174. The van der Waals surface area contributed by atoms with Gasteiger partial charge in [-0.05, 0) is 54.4 Å². The van der Waals surface area contributed by atoms with Gasteiger partial charge in [0.25, 0.3) is 5.91 Å². The molecular formula is C23H22ClN3O3. The maximum absolute atomic E-state index is 12.2. The Hall–Kier alpha value is -3.38. The summed E-state index contributed by atoms with van der Waals surface area (Å²) in [7, 11) is 0. The second kappa shape index (κ2) is 9.89. The van der Waals surface area contributed by atoms with E-state index in [1.165, 1.54) is 0 Å². The molecule has 0 unspecified atom stereocenters. The highest BCUT2D eigenvalue weighted by molar-refractivity contribution is 6.31. The summed E-state index contributed by atoms with van der Waals surface area (Å²) in [5.41, 5.74) is 4.31. The number of benzene rings is 3. The van der Waals surface area contributed by atoms with Crippen LogP contribution >= 0.6 is 11.6 Å². The molecule has 0 aliphatic carbocycles. The Morgan fingerprint density at radius 3 is 2.57 bits per heavy atom. The summed E-state index contributed by atoms with van der Waals surface area (Å²) < 4.78 is 5.52. The third kappa shape index (κ3) is 5.81. The smallest absolute Gasteiger partial charge is 0.277 e. The van der Waals surface area contributed by atoms with Gasteiger partial charge in [-0.15, -0.1) is 0 Å². The van der Waals surface area contributed by atoms with E-state index >= 15 is 0 Å². The predicted octanol–water partition coefficient (Wildman–Crippen LogP) is 4.70. The number of hydrogen-bond donors (Lipinski definition) is 2. The van der Waals surface area contributed by atoms with E-state index in [4.69, 9.17) is 16.3 Å². The Bertz CT molecular complexity index is 1110. The lowest BCUT2D eigenvalue weighted by molar-refractivity contribution is -0.123. The molecule has 0 saturated heterocycles. The first-order valence-corrected chi connectivity index (χ1v) is 9.79. The number of rotatable bonds is 7. The van der Waals surface area contributed by atoms with Crippen LogP contribution in [0.2, 0.25) is 5.02 Å². The number of fused-ring (bicyclic) bond motifs is 1. The lowest BCUT2D eigenvalue weighted by Crippen LogP contribution is -2.26. The highest BCUT2D eigenvalue weighted by atomic mass is 35.5. The van der Waals surface area contributed by atoms with Crippen molar-refractivity contribution >= 4 is 45.6 Å². The first-order valence-electron chi connectivity index (χ1n) is 9.41. The van der Waals surface area contributed by atoms with Crippen LogP contribution in [0.3, 0.4) is 0 Å². The summed E-state index contributed by atoms with van der Waals surface area (Å²) in [6, 6.07) is 18.8. The van der Waals surface area contributed by atoms with Crippen molar-refractivity contribution in [1.29, 1.82) is 0 Å². The Balaban J connectivity index is 1.47. The molecule has 2 N–H and O–H groups in total. The van der Waals surface area contributed by atoms with E-state index in [2.05, 4.69) is 15.8 Å². The highest BCUT2D eigenvalue weighted by Gasteiger charge is 2.09. The number of ether oxygens (including phenoxy) is 1. The lowest BCUT2D eigenvalue weighted by atomic mass is 10.1. The van der Waals surface area contributed by atoms with Gasteiger partial charge in [0.05, 0.1) is 6.42 Å². The van der Waals surface area contributed by atoms with Crippen LogP contribution in [0.5, 0.6) is 5.75 Å². The Morgan fingerprint density at radius 1 is 1.00 bits per heavy atom. The lowest BCUT2D eigenvalue weighted by Gasteiger charge is -2.09. The fourth-order valence-corrected chi connectivity index (χ4v) is 2.98. The number of nitrogens with zero attached hydrogens (tertiary/aromatic N) is 1. The van der Waals surface area contributed by atoms with Crippen molar-refractivity contribution in [3.8, 4) is 5.75 Å². The minimum absolute atomic E-state index is 0.0394. The number of amides is 2. The Morgan fingerprint density at radius 2 is 1.77 bits per heavy atom. The van der Waals surface area contributed by atoms with Gasteiger partial charge in [-0.2, -0.15) is 5.10 Å². The molecule has 6 nitrogen and oxygen atoms in total. The zero-order valence-electron chi connectivity index (χ0n) is 16.7. The van der Waals surface area contributed by atoms with Crippen LogP contribution in [0.15, 0.2) is 65.8 Å². The average molecular weight is 424 g/mol.